The summed E-state index contributed by atoms with van der Waals surface area (Å²) < 4.78 is 0. The van der Waals surface area contributed by atoms with Gasteiger partial charge in [0.15, 0.2) is 0 Å². The standard InChI is InChI=1S/C28H38/c1-3-5-6-7-10-14-27-21-23-28(24-22-27)16-12-9-8-11-15-26-19-17-25(13-4-2)18-20-26/h8-9,17-20,27-28H,3-7,10,13-14,21-24H2,1-2H3/b9-8+/t27-,28-. The third-order valence-corrected chi connectivity index (χ3v) is 5.81. The molecular weight excluding hydrogens is 336 g/mol. The highest BCUT2D eigenvalue weighted by atomic mass is 14.2. The minimum absolute atomic E-state index is 0.597. The first-order chi connectivity index (χ1) is 13.8. The predicted molar refractivity (Wildman–Crippen MR) is 123 cm³/mol. The Morgan fingerprint density at radius 2 is 1.54 bits per heavy atom. The summed E-state index contributed by atoms with van der Waals surface area (Å²) in [5, 5.41) is 0. The van der Waals surface area contributed by atoms with E-state index in [-0.39, 0.29) is 0 Å². The van der Waals surface area contributed by atoms with Crippen molar-refractivity contribution in [3.63, 3.8) is 0 Å². The van der Waals surface area contributed by atoms with Crippen LogP contribution in [0.1, 0.15) is 95.6 Å². The third-order valence-electron chi connectivity index (χ3n) is 5.81. The molecule has 1 aliphatic rings. The van der Waals surface area contributed by atoms with Crippen LogP contribution < -0.4 is 0 Å². The average molecular weight is 375 g/mol. The van der Waals surface area contributed by atoms with Crippen LogP contribution in [-0.4, -0.2) is 0 Å². The molecule has 1 saturated carbocycles. The molecule has 1 aromatic carbocycles. The zero-order chi connectivity index (χ0) is 19.9. The third kappa shape index (κ3) is 9.33. The maximum absolute atomic E-state index is 3.44. The summed E-state index contributed by atoms with van der Waals surface area (Å²) in [6, 6.07) is 8.58. The summed E-state index contributed by atoms with van der Waals surface area (Å²) >= 11 is 0. The second-order valence-electron chi connectivity index (χ2n) is 8.26. The van der Waals surface area contributed by atoms with Gasteiger partial charge in [-0.3, -0.25) is 0 Å². The van der Waals surface area contributed by atoms with Crippen LogP contribution in [0.15, 0.2) is 36.4 Å². The van der Waals surface area contributed by atoms with Gasteiger partial charge in [-0.2, -0.15) is 0 Å². The van der Waals surface area contributed by atoms with Gasteiger partial charge in [-0.1, -0.05) is 94.6 Å². The molecule has 0 unspecified atom stereocenters. The lowest BCUT2D eigenvalue weighted by Crippen LogP contribution is -2.13. The van der Waals surface area contributed by atoms with E-state index in [4.69, 9.17) is 0 Å². The van der Waals surface area contributed by atoms with Gasteiger partial charge < -0.3 is 0 Å². The van der Waals surface area contributed by atoms with Crippen molar-refractivity contribution in [2.75, 3.05) is 0 Å². The molecule has 0 N–H and O–H groups in total. The minimum atomic E-state index is 0.597. The van der Waals surface area contributed by atoms with E-state index in [1.807, 2.05) is 12.2 Å². The van der Waals surface area contributed by atoms with Crippen molar-refractivity contribution in [2.45, 2.75) is 90.9 Å². The molecule has 2 rings (SSSR count). The second kappa shape index (κ2) is 14.1. The first kappa shape index (κ1) is 22.4. The van der Waals surface area contributed by atoms with Crippen LogP contribution in [-0.2, 0) is 6.42 Å². The Kier molecular flexibility index (Phi) is 11.3. The second-order valence-corrected chi connectivity index (χ2v) is 8.26. The number of aryl methyl sites for hydroxylation is 1. The lowest BCUT2D eigenvalue weighted by Gasteiger charge is -2.25. The van der Waals surface area contributed by atoms with Crippen molar-refractivity contribution in [2.24, 2.45) is 11.8 Å². The lowest BCUT2D eigenvalue weighted by atomic mass is 9.80. The van der Waals surface area contributed by atoms with Gasteiger partial charge in [-0.25, -0.2) is 0 Å². The molecule has 28 heavy (non-hydrogen) atoms. The Labute approximate surface area is 174 Å². The summed E-state index contributed by atoms with van der Waals surface area (Å²) in [4.78, 5) is 0. The normalized spacial score (nSPS) is 18.9. The van der Waals surface area contributed by atoms with Gasteiger partial charge in [-0.05, 0) is 67.9 Å². The van der Waals surface area contributed by atoms with Crippen LogP contribution in [0.5, 0.6) is 0 Å². The van der Waals surface area contributed by atoms with Crippen LogP contribution in [0.25, 0.3) is 0 Å². The van der Waals surface area contributed by atoms with E-state index in [1.54, 1.807) is 0 Å². The molecule has 0 aromatic heterocycles. The molecule has 150 valence electrons. The van der Waals surface area contributed by atoms with E-state index in [2.05, 4.69) is 61.8 Å². The highest BCUT2D eigenvalue weighted by Gasteiger charge is 2.19. The zero-order valence-electron chi connectivity index (χ0n) is 18.1. The molecule has 0 radical (unpaired) electrons. The molecule has 0 aliphatic heterocycles. The summed E-state index contributed by atoms with van der Waals surface area (Å²) in [6.07, 6.45) is 20.0. The average Bonchev–Trinajstić information content (AvgIpc) is 2.73. The number of allylic oxidation sites excluding steroid dienone is 2. The van der Waals surface area contributed by atoms with Crippen LogP contribution in [0.2, 0.25) is 0 Å². The largest absolute Gasteiger partial charge is 0.0951 e. The lowest BCUT2D eigenvalue weighted by molar-refractivity contribution is 0.294. The maximum Gasteiger partial charge on any atom is 0.0249 e. The van der Waals surface area contributed by atoms with Gasteiger partial charge in [0.2, 0.25) is 0 Å². The molecule has 0 bridgehead atoms. The Hall–Kier alpha value is -1.92. The fourth-order valence-corrected chi connectivity index (χ4v) is 4.05. The van der Waals surface area contributed by atoms with E-state index < -0.39 is 0 Å². The highest BCUT2D eigenvalue weighted by Crippen LogP contribution is 2.31. The smallest absolute Gasteiger partial charge is 0.0249 e. The Balaban J connectivity index is 1.64. The van der Waals surface area contributed by atoms with Crippen molar-refractivity contribution in [3.05, 3.63) is 47.5 Å². The maximum atomic E-state index is 3.44. The molecule has 0 amide bonds. The number of rotatable bonds is 8. The zero-order valence-corrected chi connectivity index (χ0v) is 18.1. The van der Waals surface area contributed by atoms with E-state index in [9.17, 15) is 0 Å². The number of unbranched alkanes of at least 4 members (excludes halogenated alkanes) is 4. The van der Waals surface area contributed by atoms with Crippen LogP contribution >= 0.6 is 0 Å². The Morgan fingerprint density at radius 3 is 2.25 bits per heavy atom. The van der Waals surface area contributed by atoms with Crippen molar-refractivity contribution < 1.29 is 0 Å². The summed E-state index contributed by atoms with van der Waals surface area (Å²) in [5.41, 5.74) is 2.46. The quantitative estimate of drug-likeness (QED) is 0.323. The van der Waals surface area contributed by atoms with Gasteiger partial charge in [0.05, 0.1) is 0 Å². The van der Waals surface area contributed by atoms with Crippen LogP contribution in [0, 0.1) is 35.5 Å². The van der Waals surface area contributed by atoms with Crippen molar-refractivity contribution >= 4 is 0 Å². The molecule has 1 aromatic rings. The molecule has 0 heterocycles. The number of benzene rings is 1. The molecule has 0 nitrogen and oxygen atoms in total. The fourth-order valence-electron chi connectivity index (χ4n) is 4.05. The van der Waals surface area contributed by atoms with E-state index in [0.29, 0.717) is 5.92 Å². The first-order valence-corrected chi connectivity index (χ1v) is 11.6. The van der Waals surface area contributed by atoms with Crippen molar-refractivity contribution in [3.8, 4) is 23.7 Å². The van der Waals surface area contributed by atoms with Crippen LogP contribution in [0.3, 0.4) is 0 Å². The predicted octanol–water partition coefficient (Wildman–Crippen LogP) is 7.72. The van der Waals surface area contributed by atoms with E-state index in [0.717, 1.165) is 17.9 Å². The summed E-state index contributed by atoms with van der Waals surface area (Å²) in [7, 11) is 0. The van der Waals surface area contributed by atoms with Gasteiger partial charge in [0.1, 0.15) is 0 Å². The van der Waals surface area contributed by atoms with Gasteiger partial charge in [0.25, 0.3) is 0 Å². The molecule has 0 saturated heterocycles. The monoisotopic (exact) mass is 374 g/mol. The van der Waals surface area contributed by atoms with E-state index >= 15 is 0 Å². The molecule has 1 fully saturated rings. The first-order valence-electron chi connectivity index (χ1n) is 11.6. The molecule has 0 heteroatoms. The fraction of sp³-hybridized carbons (Fsp3) is 0.571. The summed E-state index contributed by atoms with van der Waals surface area (Å²) in [6.45, 7) is 4.50. The molecule has 1 aliphatic carbocycles. The molecule has 0 spiro atoms. The van der Waals surface area contributed by atoms with Gasteiger partial charge >= 0.3 is 0 Å². The molecular formula is C28H38. The SMILES string of the molecule is CCCCCCC[C@H]1CC[C@H](C#C/C=C/C#Cc2ccc(CCC)cc2)CC1. The minimum Gasteiger partial charge on any atom is -0.0951 e. The van der Waals surface area contributed by atoms with Gasteiger partial charge in [-0.15, -0.1) is 0 Å². The van der Waals surface area contributed by atoms with Crippen molar-refractivity contribution in [1.82, 2.24) is 0 Å². The van der Waals surface area contributed by atoms with E-state index in [1.165, 1.54) is 76.2 Å². The number of hydrogen-bond donors (Lipinski definition) is 0. The molecule has 0 atom stereocenters. The highest BCUT2D eigenvalue weighted by molar-refractivity contribution is 5.39. The number of hydrogen-bond acceptors (Lipinski definition) is 0. The van der Waals surface area contributed by atoms with Gasteiger partial charge in [0, 0.05) is 11.5 Å². The topological polar surface area (TPSA) is 0 Å². The Morgan fingerprint density at radius 1 is 0.821 bits per heavy atom. The van der Waals surface area contributed by atoms with Crippen molar-refractivity contribution in [1.29, 1.82) is 0 Å². The summed E-state index contributed by atoms with van der Waals surface area (Å²) in [5.74, 6) is 14.5. The Bertz CT molecular complexity index is 676. The van der Waals surface area contributed by atoms with Crippen LogP contribution in [0.4, 0.5) is 0 Å².